The van der Waals surface area contributed by atoms with Gasteiger partial charge in [-0.25, -0.2) is 0 Å². The third-order valence-corrected chi connectivity index (χ3v) is 0. The summed E-state index contributed by atoms with van der Waals surface area (Å²) in [5, 5.41) is 7.42. The standard InChI is InChI=1S/C2H4O2.Pm/c1-2(3)4;/h1H3,(H,3,4);. The molecule has 2 nitrogen and oxygen atoms in total. The maximum absolute atomic E-state index is 9.00. The zero-order chi connectivity index (χ0) is 3.58. The van der Waals surface area contributed by atoms with Gasteiger partial charge < -0.3 is 5.11 Å². The Kier molecular flexibility index (Phi) is 8.90. The Bertz CT molecular complexity index is 30.6. The number of rotatable bonds is 0. The van der Waals surface area contributed by atoms with Gasteiger partial charge in [0.2, 0.25) is 0 Å². The van der Waals surface area contributed by atoms with E-state index in [1.807, 2.05) is 0 Å². The van der Waals surface area contributed by atoms with E-state index >= 15 is 0 Å². The van der Waals surface area contributed by atoms with Crippen molar-refractivity contribution >= 4 is 5.97 Å². The van der Waals surface area contributed by atoms with E-state index in [1.165, 1.54) is 0 Å². The fraction of sp³-hybridized carbons (Fsp3) is 0.500. The second kappa shape index (κ2) is 4.81. The normalized spacial score (nSPS) is 5.00. The van der Waals surface area contributed by atoms with Crippen LogP contribution in [0.15, 0.2) is 0 Å². The zero-order valence-electron chi connectivity index (χ0n) is 2.80. The van der Waals surface area contributed by atoms with Crippen LogP contribution in [-0.2, 0) is 4.79 Å². The third-order valence-electron chi connectivity index (χ3n) is 0. The Morgan fingerprint density at radius 1 is 1.80 bits per heavy atom. The average Bonchev–Trinajstić information content (AvgIpc) is 0.811. The van der Waals surface area contributed by atoms with Gasteiger partial charge in [-0.05, 0) is 0 Å². The van der Waals surface area contributed by atoms with Crippen molar-refractivity contribution in [3.63, 3.8) is 0 Å². The smallest absolute Gasteiger partial charge is 0.300 e. The molecule has 5 heavy (non-hydrogen) atoms. The maximum atomic E-state index is 9.00. The minimum absolute atomic E-state index is 0. The van der Waals surface area contributed by atoms with Gasteiger partial charge in [-0.3, -0.25) is 4.79 Å². The molecule has 0 aliphatic carbocycles. The first-order valence-electron chi connectivity index (χ1n) is 0.928. The van der Waals surface area contributed by atoms with Crippen molar-refractivity contribution in [3.8, 4) is 0 Å². The molecule has 1 N–H and O–H groups in total. The van der Waals surface area contributed by atoms with Crippen LogP contribution in [0, 0.1) is 40.4 Å². The summed E-state index contributed by atoms with van der Waals surface area (Å²) in [6.07, 6.45) is 0. The SMILES string of the molecule is CC(=O)O.[Pm]. The minimum Gasteiger partial charge on any atom is -0.481 e. The largest absolute Gasteiger partial charge is 0.481 e. The Hall–Kier alpha value is 0.808. The Morgan fingerprint density at radius 2 is 1.80 bits per heavy atom. The molecule has 0 saturated heterocycles. The van der Waals surface area contributed by atoms with Gasteiger partial charge in [-0.1, -0.05) is 0 Å². The van der Waals surface area contributed by atoms with E-state index in [0.717, 1.165) is 6.92 Å². The van der Waals surface area contributed by atoms with Crippen LogP contribution in [0.2, 0.25) is 0 Å². The molecule has 0 aromatic rings. The molecule has 0 aliphatic heterocycles. The molecule has 0 spiro atoms. The van der Waals surface area contributed by atoms with Crippen molar-refractivity contribution in [2.45, 2.75) is 6.92 Å². The summed E-state index contributed by atoms with van der Waals surface area (Å²) >= 11 is 0. The molecular weight excluding hydrogens is 201 g/mol. The van der Waals surface area contributed by atoms with E-state index in [-0.39, 0.29) is 40.4 Å². The van der Waals surface area contributed by atoms with Crippen molar-refractivity contribution < 1.29 is 50.3 Å². The van der Waals surface area contributed by atoms with Crippen LogP contribution in [0.1, 0.15) is 6.92 Å². The van der Waals surface area contributed by atoms with Gasteiger partial charge >= 0.3 is 0 Å². The molecule has 0 rings (SSSR count). The van der Waals surface area contributed by atoms with Gasteiger partial charge in [-0.15, -0.1) is 0 Å². The first-order chi connectivity index (χ1) is 1.73. The molecule has 0 aliphatic rings. The minimum atomic E-state index is -0.833. The van der Waals surface area contributed by atoms with Gasteiger partial charge in [0, 0.05) is 47.3 Å². The summed E-state index contributed by atoms with van der Waals surface area (Å²) in [5.74, 6) is -0.833. The van der Waals surface area contributed by atoms with Gasteiger partial charge in [0.25, 0.3) is 5.97 Å². The van der Waals surface area contributed by atoms with E-state index in [4.69, 9.17) is 9.90 Å². The van der Waals surface area contributed by atoms with E-state index in [9.17, 15) is 0 Å². The van der Waals surface area contributed by atoms with Crippen molar-refractivity contribution in [2.24, 2.45) is 0 Å². The number of aliphatic carboxylic acids is 1. The summed E-state index contributed by atoms with van der Waals surface area (Å²) in [7, 11) is 0. The maximum Gasteiger partial charge on any atom is 0.300 e. The van der Waals surface area contributed by atoms with Crippen LogP contribution in [-0.4, -0.2) is 11.1 Å². The van der Waals surface area contributed by atoms with Crippen molar-refractivity contribution in [3.05, 3.63) is 0 Å². The molecule has 0 heterocycles. The van der Waals surface area contributed by atoms with E-state index in [0.29, 0.717) is 0 Å². The van der Waals surface area contributed by atoms with Crippen LogP contribution < -0.4 is 0 Å². The number of carboxylic acid groups (broad SMARTS) is 1. The third kappa shape index (κ3) is 58.1. The number of hydrogen-bond acceptors (Lipinski definition) is 1. The fourth-order valence-corrected chi connectivity index (χ4v) is 0. The fourth-order valence-electron chi connectivity index (χ4n) is 0. The Morgan fingerprint density at radius 3 is 1.80 bits per heavy atom. The molecular formula is C2H4O2Pm. The van der Waals surface area contributed by atoms with Crippen LogP contribution in [0.25, 0.3) is 0 Å². The van der Waals surface area contributed by atoms with E-state index in [1.54, 1.807) is 0 Å². The summed E-state index contributed by atoms with van der Waals surface area (Å²) in [4.78, 5) is 9.00. The molecule has 0 amide bonds. The topological polar surface area (TPSA) is 37.3 Å². The molecule has 0 saturated carbocycles. The van der Waals surface area contributed by atoms with E-state index in [2.05, 4.69) is 0 Å². The van der Waals surface area contributed by atoms with Crippen LogP contribution in [0.4, 0.5) is 0 Å². The van der Waals surface area contributed by atoms with Crippen molar-refractivity contribution in [2.75, 3.05) is 0 Å². The molecule has 0 bridgehead atoms. The predicted octanol–water partition coefficient (Wildman–Crippen LogP) is 0.0909. The number of hydrogen-bond donors (Lipinski definition) is 1. The Labute approximate surface area is 62.7 Å². The zero-order valence-corrected chi connectivity index (χ0v) is 5.67. The first kappa shape index (κ1) is 9.26. The molecule has 29 valence electrons. The van der Waals surface area contributed by atoms with Gasteiger partial charge in [0.05, 0.1) is 0 Å². The Balaban J connectivity index is 0. The van der Waals surface area contributed by atoms with Crippen LogP contribution in [0.3, 0.4) is 0 Å². The average molecular weight is 205 g/mol. The molecule has 0 aromatic carbocycles. The first-order valence-corrected chi connectivity index (χ1v) is 0.928. The second-order valence-corrected chi connectivity index (χ2v) is 0.519. The molecule has 0 fully saturated rings. The molecule has 0 aromatic heterocycles. The van der Waals surface area contributed by atoms with E-state index < -0.39 is 5.97 Å². The summed E-state index contributed by atoms with van der Waals surface area (Å²) in [6, 6.07) is 0. The van der Waals surface area contributed by atoms with Gasteiger partial charge in [0.15, 0.2) is 0 Å². The number of carboxylic acids is 1. The van der Waals surface area contributed by atoms with Gasteiger partial charge in [-0.2, -0.15) is 0 Å². The summed E-state index contributed by atoms with van der Waals surface area (Å²) in [5.41, 5.74) is 0. The number of carbonyl (C=O) groups is 1. The monoisotopic (exact) mass is 205 g/mol. The second-order valence-electron chi connectivity index (χ2n) is 0.519. The van der Waals surface area contributed by atoms with Crippen molar-refractivity contribution in [1.82, 2.24) is 0 Å². The molecule has 0 unspecified atom stereocenters. The summed E-state index contributed by atoms with van der Waals surface area (Å²) < 4.78 is 0. The molecule has 1 radical (unpaired) electrons. The van der Waals surface area contributed by atoms with Crippen LogP contribution >= 0.6 is 0 Å². The molecule has 3 heteroatoms. The molecule has 0 atom stereocenters. The van der Waals surface area contributed by atoms with Crippen molar-refractivity contribution in [1.29, 1.82) is 0 Å². The quantitative estimate of drug-likeness (QED) is 0.608. The summed E-state index contributed by atoms with van der Waals surface area (Å²) in [6.45, 7) is 1.08. The predicted molar refractivity (Wildman–Crippen MR) is 13.3 cm³/mol. The van der Waals surface area contributed by atoms with Gasteiger partial charge in [0.1, 0.15) is 0 Å². The van der Waals surface area contributed by atoms with Crippen LogP contribution in [0.5, 0.6) is 0 Å².